The maximum atomic E-state index is 12.9. The van der Waals surface area contributed by atoms with Gasteiger partial charge in [0.05, 0.1) is 19.3 Å². The quantitative estimate of drug-likeness (QED) is 0.926. The summed E-state index contributed by atoms with van der Waals surface area (Å²) in [6.07, 6.45) is -3.76. The molecule has 1 N–H and O–H groups in total. The fraction of sp³-hybridized carbons (Fsp3) is 0.692. The lowest BCUT2D eigenvalue weighted by molar-refractivity contribution is -0.144. The zero-order valence-corrected chi connectivity index (χ0v) is 12.1. The minimum Gasteiger partial charge on any atom is -0.377 e. The number of nitrogens with zero attached hydrogens (tertiary/aromatic N) is 3. The second-order valence-corrected chi connectivity index (χ2v) is 4.98. The van der Waals surface area contributed by atoms with E-state index >= 15 is 0 Å². The van der Waals surface area contributed by atoms with Crippen LogP contribution in [0.5, 0.6) is 0 Å². The third-order valence-electron chi connectivity index (χ3n) is 3.18. The van der Waals surface area contributed by atoms with Gasteiger partial charge in [0.2, 0.25) is 5.82 Å². The van der Waals surface area contributed by atoms with E-state index in [0.29, 0.717) is 26.3 Å². The minimum absolute atomic E-state index is 0.0197. The predicted molar refractivity (Wildman–Crippen MR) is 73.4 cm³/mol. The third-order valence-corrected chi connectivity index (χ3v) is 3.18. The Morgan fingerprint density at radius 1 is 1.43 bits per heavy atom. The zero-order chi connectivity index (χ0) is 15.5. The summed E-state index contributed by atoms with van der Waals surface area (Å²) in [7, 11) is 0. The van der Waals surface area contributed by atoms with Crippen LogP contribution >= 0.6 is 0 Å². The second kappa shape index (κ2) is 6.46. The molecule has 0 aromatic carbocycles. The molecular formula is C13H19F3N4O. The van der Waals surface area contributed by atoms with Crippen LogP contribution in [0.25, 0.3) is 0 Å². The Kier molecular flexibility index (Phi) is 4.87. The van der Waals surface area contributed by atoms with Crippen molar-refractivity contribution in [2.75, 3.05) is 36.5 Å². The van der Waals surface area contributed by atoms with E-state index < -0.39 is 12.0 Å². The number of alkyl halides is 3. The number of rotatable bonds is 4. The molecule has 118 valence electrons. The van der Waals surface area contributed by atoms with Crippen LogP contribution in [0.15, 0.2) is 6.07 Å². The Morgan fingerprint density at radius 3 is 2.81 bits per heavy atom. The Bertz CT molecular complexity index is 481. The van der Waals surface area contributed by atoms with Crippen molar-refractivity contribution in [3.05, 3.63) is 11.9 Å². The van der Waals surface area contributed by atoms with Crippen molar-refractivity contribution in [1.82, 2.24) is 9.97 Å². The van der Waals surface area contributed by atoms with Crippen molar-refractivity contribution in [1.29, 1.82) is 0 Å². The van der Waals surface area contributed by atoms with E-state index in [1.54, 1.807) is 6.07 Å². The van der Waals surface area contributed by atoms with Crippen LogP contribution < -0.4 is 10.2 Å². The van der Waals surface area contributed by atoms with Crippen LogP contribution in [0, 0.1) is 0 Å². The van der Waals surface area contributed by atoms with Crippen LogP contribution in [0.4, 0.5) is 24.8 Å². The summed E-state index contributed by atoms with van der Waals surface area (Å²) in [6, 6.07) is 1.54. The van der Waals surface area contributed by atoms with Crippen LogP contribution in [0.3, 0.4) is 0 Å². The second-order valence-electron chi connectivity index (χ2n) is 4.98. The molecule has 2 rings (SSSR count). The molecule has 0 amide bonds. The molecule has 2 heterocycles. The highest BCUT2D eigenvalue weighted by atomic mass is 19.4. The first kappa shape index (κ1) is 15.8. The molecule has 8 heteroatoms. The standard InChI is InChI=1S/C13H19F3N4O/c1-3-4-17-10-7-11(19-12(18-10)13(14,15)16)20-5-6-21-8-9(20)2/h7,9H,3-6,8H2,1-2H3,(H,17,18,19). The van der Waals surface area contributed by atoms with E-state index in [1.807, 2.05) is 18.7 Å². The molecule has 1 unspecified atom stereocenters. The molecule has 21 heavy (non-hydrogen) atoms. The van der Waals surface area contributed by atoms with Crippen molar-refractivity contribution in [2.24, 2.45) is 0 Å². The average Bonchev–Trinajstić information content (AvgIpc) is 2.44. The van der Waals surface area contributed by atoms with Gasteiger partial charge in [-0.1, -0.05) is 6.92 Å². The molecule has 1 aromatic heterocycles. The first-order valence-electron chi connectivity index (χ1n) is 6.96. The van der Waals surface area contributed by atoms with Gasteiger partial charge >= 0.3 is 6.18 Å². The lowest BCUT2D eigenvalue weighted by atomic mass is 10.2. The molecule has 5 nitrogen and oxygen atoms in total. The highest BCUT2D eigenvalue weighted by molar-refractivity contribution is 5.50. The smallest absolute Gasteiger partial charge is 0.377 e. The molecule has 0 saturated carbocycles. The summed E-state index contributed by atoms with van der Waals surface area (Å²) in [5.41, 5.74) is 0. The molecule has 1 aromatic rings. The Balaban J connectivity index is 2.34. The van der Waals surface area contributed by atoms with Crippen molar-refractivity contribution in [3.63, 3.8) is 0 Å². The van der Waals surface area contributed by atoms with Gasteiger partial charge in [-0.2, -0.15) is 13.2 Å². The summed E-state index contributed by atoms with van der Waals surface area (Å²) in [4.78, 5) is 9.06. The molecule has 1 aliphatic heterocycles. The summed E-state index contributed by atoms with van der Waals surface area (Å²) in [5.74, 6) is -0.628. The van der Waals surface area contributed by atoms with E-state index in [4.69, 9.17) is 4.74 Å². The van der Waals surface area contributed by atoms with Gasteiger partial charge in [-0.05, 0) is 13.3 Å². The monoisotopic (exact) mass is 304 g/mol. The predicted octanol–water partition coefficient (Wildman–Crippen LogP) is 2.54. The number of nitrogens with one attached hydrogen (secondary N) is 1. The zero-order valence-electron chi connectivity index (χ0n) is 12.1. The number of anilines is 2. The van der Waals surface area contributed by atoms with Crippen LogP contribution in [0.1, 0.15) is 26.1 Å². The minimum atomic E-state index is -4.56. The lowest BCUT2D eigenvalue weighted by Gasteiger charge is -2.34. The van der Waals surface area contributed by atoms with Gasteiger partial charge in [0.1, 0.15) is 11.6 Å². The first-order valence-corrected chi connectivity index (χ1v) is 6.96. The fourth-order valence-corrected chi connectivity index (χ4v) is 2.12. The van der Waals surface area contributed by atoms with Crippen molar-refractivity contribution >= 4 is 11.6 Å². The maximum absolute atomic E-state index is 12.9. The molecular weight excluding hydrogens is 285 g/mol. The third kappa shape index (κ3) is 3.96. The van der Waals surface area contributed by atoms with E-state index in [2.05, 4.69) is 15.3 Å². The first-order chi connectivity index (χ1) is 9.91. The van der Waals surface area contributed by atoms with Crippen LogP contribution in [0.2, 0.25) is 0 Å². The molecule has 0 spiro atoms. The average molecular weight is 304 g/mol. The topological polar surface area (TPSA) is 50.3 Å². The molecule has 1 atom stereocenters. The summed E-state index contributed by atoms with van der Waals surface area (Å²) >= 11 is 0. The van der Waals surface area contributed by atoms with E-state index in [0.717, 1.165) is 6.42 Å². The summed E-state index contributed by atoms with van der Waals surface area (Å²) in [6.45, 7) is 5.86. The number of morpholine rings is 1. The summed E-state index contributed by atoms with van der Waals surface area (Å²) < 4.78 is 44.1. The van der Waals surface area contributed by atoms with Crippen LogP contribution in [-0.4, -0.2) is 42.3 Å². The Morgan fingerprint density at radius 2 is 2.19 bits per heavy atom. The fourth-order valence-electron chi connectivity index (χ4n) is 2.12. The normalized spacial score (nSPS) is 19.7. The maximum Gasteiger partial charge on any atom is 0.451 e. The van der Waals surface area contributed by atoms with Gasteiger partial charge in [0.15, 0.2) is 0 Å². The molecule has 1 aliphatic rings. The van der Waals surface area contributed by atoms with Crippen LogP contribution in [-0.2, 0) is 10.9 Å². The SMILES string of the molecule is CCCNc1cc(N2CCOCC2C)nc(C(F)(F)F)n1. The van der Waals surface area contributed by atoms with Crippen molar-refractivity contribution in [3.8, 4) is 0 Å². The highest BCUT2D eigenvalue weighted by Crippen LogP contribution is 2.30. The Hall–Kier alpha value is -1.57. The molecule has 0 aliphatic carbocycles. The van der Waals surface area contributed by atoms with E-state index in [9.17, 15) is 13.2 Å². The lowest BCUT2D eigenvalue weighted by Crippen LogP contribution is -2.44. The Labute approximate surface area is 121 Å². The van der Waals surface area contributed by atoms with Crippen molar-refractivity contribution < 1.29 is 17.9 Å². The highest BCUT2D eigenvalue weighted by Gasteiger charge is 2.36. The van der Waals surface area contributed by atoms with E-state index in [1.165, 1.54) is 0 Å². The number of hydrogen-bond acceptors (Lipinski definition) is 5. The van der Waals surface area contributed by atoms with Gasteiger partial charge in [0, 0.05) is 19.2 Å². The van der Waals surface area contributed by atoms with Gasteiger partial charge in [-0.15, -0.1) is 0 Å². The number of halogens is 3. The van der Waals surface area contributed by atoms with Gasteiger partial charge in [0.25, 0.3) is 0 Å². The van der Waals surface area contributed by atoms with E-state index in [-0.39, 0.29) is 17.7 Å². The largest absolute Gasteiger partial charge is 0.451 e. The number of aromatic nitrogens is 2. The molecule has 1 saturated heterocycles. The van der Waals surface area contributed by atoms with Gasteiger partial charge in [-0.25, -0.2) is 9.97 Å². The summed E-state index contributed by atoms with van der Waals surface area (Å²) in [5, 5.41) is 2.89. The van der Waals surface area contributed by atoms with Crippen molar-refractivity contribution in [2.45, 2.75) is 32.5 Å². The number of hydrogen-bond donors (Lipinski definition) is 1. The molecule has 0 bridgehead atoms. The van der Waals surface area contributed by atoms with Gasteiger partial charge in [-0.3, -0.25) is 0 Å². The number of ether oxygens (including phenoxy) is 1. The molecule has 1 fully saturated rings. The molecule has 0 radical (unpaired) electrons. The van der Waals surface area contributed by atoms with Gasteiger partial charge < -0.3 is 15.0 Å².